The number of halogens is 2. The molecule has 7 nitrogen and oxygen atoms in total. The number of aromatic nitrogens is 2. The molecule has 1 aromatic carbocycles. The Bertz CT molecular complexity index is 883. The minimum atomic E-state index is -0.648. The van der Waals surface area contributed by atoms with E-state index in [9.17, 15) is 13.6 Å². The van der Waals surface area contributed by atoms with Crippen molar-refractivity contribution in [3.63, 3.8) is 0 Å². The molecular formula is C21H25F2N5O2. The molecule has 3 heterocycles. The number of anilines is 2. The lowest BCUT2D eigenvalue weighted by atomic mass is 9.96. The van der Waals surface area contributed by atoms with Gasteiger partial charge in [-0.2, -0.15) is 0 Å². The number of morpholine rings is 1. The molecule has 1 aromatic heterocycles. The lowest BCUT2D eigenvalue weighted by Gasteiger charge is -2.33. The van der Waals surface area contributed by atoms with E-state index in [1.807, 2.05) is 6.07 Å². The standard InChI is InChI=1S/C21H25F2N5O2/c22-17-2-1-16(18(23)11-17)13-24-21(29)15-3-5-27(6-4-15)19-12-20(26-14-25-19)28-7-9-30-10-8-28/h1-2,11-12,14-15H,3-10,13H2,(H,24,29). The second-order valence-electron chi connectivity index (χ2n) is 7.55. The fraction of sp³-hybridized carbons (Fsp3) is 0.476. The number of carbonyl (C=O) groups is 1. The largest absolute Gasteiger partial charge is 0.378 e. The molecule has 2 aliphatic heterocycles. The Morgan fingerprint density at radius 2 is 1.70 bits per heavy atom. The number of benzene rings is 1. The van der Waals surface area contributed by atoms with Crippen LogP contribution in [-0.2, 0) is 16.1 Å². The van der Waals surface area contributed by atoms with E-state index in [1.54, 1.807) is 6.33 Å². The van der Waals surface area contributed by atoms with Gasteiger partial charge < -0.3 is 19.9 Å². The Morgan fingerprint density at radius 1 is 1.03 bits per heavy atom. The number of hydrogen-bond acceptors (Lipinski definition) is 6. The Kier molecular flexibility index (Phi) is 6.37. The van der Waals surface area contributed by atoms with Crippen molar-refractivity contribution in [2.24, 2.45) is 5.92 Å². The van der Waals surface area contributed by atoms with Crippen LogP contribution >= 0.6 is 0 Å². The van der Waals surface area contributed by atoms with Gasteiger partial charge in [0.25, 0.3) is 0 Å². The molecule has 0 spiro atoms. The first-order valence-electron chi connectivity index (χ1n) is 10.2. The molecule has 0 radical (unpaired) electrons. The van der Waals surface area contributed by atoms with Crippen molar-refractivity contribution in [3.8, 4) is 0 Å². The second kappa shape index (κ2) is 9.34. The molecule has 0 bridgehead atoms. The number of amides is 1. The van der Waals surface area contributed by atoms with Crippen LogP contribution in [0.25, 0.3) is 0 Å². The molecule has 2 aliphatic rings. The van der Waals surface area contributed by atoms with Gasteiger partial charge in [0, 0.05) is 56.3 Å². The molecule has 160 valence electrons. The van der Waals surface area contributed by atoms with Crippen LogP contribution in [0.15, 0.2) is 30.6 Å². The lowest BCUT2D eigenvalue weighted by Crippen LogP contribution is -2.41. The van der Waals surface area contributed by atoms with E-state index >= 15 is 0 Å². The van der Waals surface area contributed by atoms with E-state index in [1.165, 1.54) is 12.1 Å². The second-order valence-corrected chi connectivity index (χ2v) is 7.55. The van der Waals surface area contributed by atoms with Crippen LogP contribution in [0.1, 0.15) is 18.4 Å². The Hall–Kier alpha value is -2.81. The molecule has 1 N–H and O–H groups in total. The third kappa shape index (κ3) is 4.84. The fourth-order valence-corrected chi connectivity index (χ4v) is 3.84. The molecule has 0 saturated carbocycles. The number of rotatable bonds is 5. The average Bonchev–Trinajstić information content (AvgIpc) is 2.79. The van der Waals surface area contributed by atoms with E-state index in [0.29, 0.717) is 39.1 Å². The summed E-state index contributed by atoms with van der Waals surface area (Å²) in [5, 5.41) is 2.77. The minimum Gasteiger partial charge on any atom is -0.378 e. The summed E-state index contributed by atoms with van der Waals surface area (Å²) < 4.78 is 32.1. The molecule has 0 aliphatic carbocycles. The topological polar surface area (TPSA) is 70.6 Å². The van der Waals surface area contributed by atoms with Crippen molar-refractivity contribution in [2.45, 2.75) is 19.4 Å². The number of nitrogens with one attached hydrogen (secondary N) is 1. The van der Waals surface area contributed by atoms with Crippen LogP contribution in [0.3, 0.4) is 0 Å². The van der Waals surface area contributed by atoms with Gasteiger partial charge in [-0.05, 0) is 18.9 Å². The Labute approximate surface area is 174 Å². The zero-order valence-electron chi connectivity index (χ0n) is 16.7. The van der Waals surface area contributed by atoms with Crippen LogP contribution in [-0.4, -0.2) is 55.3 Å². The van der Waals surface area contributed by atoms with Crippen LogP contribution < -0.4 is 15.1 Å². The zero-order chi connectivity index (χ0) is 20.9. The van der Waals surface area contributed by atoms with Crippen LogP contribution in [0, 0.1) is 17.6 Å². The number of nitrogens with zero attached hydrogens (tertiary/aromatic N) is 4. The van der Waals surface area contributed by atoms with Gasteiger partial charge in [-0.1, -0.05) is 6.07 Å². The van der Waals surface area contributed by atoms with Gasteiger partial charge in [-0.15, -0.1) is 0 Å². The van der Waals surface area contributed by atoms with Gasteiger partial charge in [0.1, 0.15) is 29.6 Å². The lowest BCUT2D eigenvalue weighted by molar-refractivity contribution is -0.125. The van der Waals surface area contributed by atoms with Crippen molar-refractivity contribution in [3.05, 3.63) is 47.8 Å². The van der Waals surface area contributed by atoms with Gasteiger partial charge in [0.05, 0.1) is 13.2 Å². The number of hydrogen-bond donors (Lipinski definition) is 1. The highest BCUT2D eigenvalue weighted by Gasteiger charge is 2.26. The average molecular weight is 417 g/mol. The molecule has 4 rings (SSSR count). The molecule has 2 fully saturated rings. The third-order valence-corrected chi connectivity index (χ3v) is 5.63. The number of carbonyl (C=O) groups excluding carboxylic acids is 1. The normalized spacial score (nSPS) is 17.8. The first-order valence-corrected chi connectivity index (χ1v) is 10.2. The Balaban J connectivity index is 1.29. The molecule has 2 saturated heterocycles. The predicted octanol–water partition coefficient (Wildman–Crippen LogP) is 2.12. The maximum absolute atomic E-state index is 13.7. The summed E-state index contributed by atoms with van der Waals surface area (Å²) in [7, 11) is 0. The first kappa shape index (κ1) is 20.5. The van der Waals surface area contributed by atoms with Gasteiger partial charge in [-0.25, -0.2) is 18.7 Å². The first-order chi connectivity index (χ1) is 14.6. The summed E-state index contributed by atoms with van der Waals surface area (Å²) in [5.74, 6) is 0.241. The molecule has 0 unspecified atom stereocenters. The summed E-state index contributed by atoms with van der Waals surface area (Å²) in [6.07, 6.45) is 2.96. The maximum atomic E-state index is 13.7. The summed E-state index contributed by atoms with van der Waals surface area (Å²) in [5.41, 5.74) is 0.277. The van der Waals surface area contributed by atoms with Crippen molar-refractivity contribution in [1.82, 2.24) is 15.3 Å². The minimum absolute atomic E-state index is 0.0555. The van der Waals surface area contributed by atoms with Crippen LogP contribution in [0.2, 0.25) is 0 Å². The van der Waals surface area contributed by atoms with Crippen molar-refractivity contribution < 1.29 is 18.3 Å². The van der Waals surface area contributed by atoms with E-state index in [4.69, 9.17) is 4.74 Å². The highest BCUT2D eigenvalue weighted by atomic mass is 19.1. The van der Waals surface area contributed by atoms with Gasteiger partial charge >= 0.3 is 0 Å². The van der Waals surface area contributed by atoms with Gasteiger partial charge in [0.2, 0.25) is 5.91 Å². The molecule has 2 aromatic rings. The summed E-state index contributed by atoms with van der Waals surface area (Å²) in [4.78, 5) is 25.6. The third-order valence-electron chi connectivity index (χ3n) is 5.63. The maximum Gasteiger partial charge on any atom is 0.223 e. The molecule has 0 atom stereocenters. The summed E-state index contributed by atoms with van der Waals surface area (Å²) in [6, 6.07) is 5.36. The number of piperidine rings is 1. The number of ether oxygens (including phenoxy) is 1. The van der Waals surface area contributed by atoms with Gasteiger partial charge in [-0.3, -0.25) is 4.79 Å². The molecular weight excluding hydrogens is 392 g/mol. The molecule has 9 heteroatoms. The van der Waals surface area contributed by atoms with Crippen molar-refractivity contribution in [2.75, 3.05) is 49.2 Å². The van der Waals surface area contributed by atoms with E-state index in [0.717, 1.165) is 30.8 Å². The van der Waals surface area contributed by atoms with Crippen LogP contribution in [0.5, 0.6) is 0 Å². The summed E-state index contributed by atoms with van der Waals surface area (Å²) >= 11 is 0. The predicted molar refractivity (Wildman–Crippen MR) is 108 cm³/mol. The quantitative estimate of drug-likeness (QED) is 0.804. The highest BCUT2D eigenvalue weighted by molar-refractivity contribution is 5.79. The summed E-state index contributed by atoms with van der Waals surface area (Å²) in [6.45, 7) is 4.50. The van der Waals surface area contributed by atoms with Crippen molar-refractivity contribution >= 4 is 17.5 Å². The zero-order valence-corrected chi connectivity index (χ0v) is 16.7. The fourth-order valence-electron chi connectivity index (χ4n) is 3.84. The van der Waals surface area contributed by atoms with E-state index in [2.05, 4.69) is 25.1 Å². The molecule has 30 heavy (non-hydrogen) atoms. The molecule has 1 amide bonds. The smallest absolute Gasteiger partial charge is 0.223 e. The van der Waals surface area contributed by atoms with Gasteiger partial charge in [0.15, 0.2) is 0 Å². The Morgan fingerprint density at radius 3 is 2.37 bits per heavy atom. The van der Waals surface area contributed by atoms with Crippen LogP contribution in [0.4, 0.5) is 20.4 Å². The monoisotopic (exact) mass is 417 g/mol. The van der Waals surface area contributed by atoms with E-state index < -0.39 is 11.6 Å². The SMILES string of the molecule is O=C(NCc1ccc(F)cc1F)C1CCN(c2cc(N3CCOCC3)ncn2)CC1. The highest BCUT2D eigenvalue weighted by Crippen LogP contribution is 2.24. The van der Waals surface area contributed by atoms with E-state index in [-0.39, 0.29) is 23.9 Å². The van der Waals surface area contributed by atoms with Crippen molar-refractivity contribution in [1.29, 1.82) is 0 Å².